The van der Waals surface area contributed by atoms with E-state index in [1.165, 1.54) is 36.4 Å². The van der Waals surface area contributed by atoms with Crippen LogP contribution in [0.25, 0.3) is 0 Å². The fraction of sp³-hybridized carbons (Fsp3) is 0.0556. The molecule has 0 saturated carbocycles. The van der Waals surface area contributed by atoms with E-state index in [1.54, 1.807) is 12.1 Å². The summed E-state index contributed by atoms with van der Waals surface area (Å²) in [6.07, 6.45) is 0. The molecular weight excluding hydrogens is 383 g/mol. The van der Waals surface area contributed by atoms with Crippen molar-refractivity contribution in [2.24, 2.45) is 4.99 Å². The molecule has 0 spiro atoms. The summed E-state index contributed by atoms with van der Waals surface area (Å²) in [5.74, 6) is 0.958. The van der Waals surface area contributed by atoms with Gasteiger partial charge < -0.3 is 0 Å². The molecule has 1 N–H and O–H groups in total. The van der Waals surface area contributed by atoms with Gasteiger partial charge >= 0.3 is 151 Å². The Morgan fingerprint density at radius 2 is 1.40 bits per heavy atom. The molecule has 0 aliphatic carbocycles. The Kier molecular flexibility index (Phi) is 6.19. The topological polar surface area (TPSA) is 106 Å². The van der Waals surface area contributed by atoms with Crippen molar-refractivity contribution in [1.82, 2.24) is 5.32 Å². The number of rotatable bonds is 3. The number of hydrogen-bond acceptors (Lipinski definition) is 4. The van der Waals surface area contributed by atoms with Crippen LogP contribution in [0.4, 0.5) is 0 Å². The maximum absolute atomic E-state index is 12.2. The van der Waals surface area contributed by atoms with Gasteiger partial charge in [0, 0.05) is 0 Å². The summed E-state index contributed by atoms with van der Waals surface area (Å²) in [6.45, 7) is 0. The number of nitriles is 2. The van der Waals surface area contributed by atoms with Crippen molar-refractivity contribution in [2.45, 2.75) is 5.82 Å². The van der Waals surface area contributed by atoms with Crippen LogP contribution in [0.5, 0.6) is 0 Å². The summed E-state index contributed by atoms with van der Waals surface area (Å²) < 4.78 is 0.302. The Balaban J connectivity index is 2.13. The van der Waals surface area contributed by atoms with Crippen molar-refractivity contribution in [2.75, 3.05) is 0 Å². The zero-order valence-electron chi connectivity index (χ0n) is 13.2. The van der Waals surface area contributed by atoms with Gasteiger partial charge in [0.1, 0.15) is 0 Å². The van der Waals surface area contributed by atoms with Crippen LogP contribution in [0.15, 0.2) is 53.5 Å². The van der Waals surface area contributed by atoms with E-state index in [0.717, 1.165) is 0 Å². The second kappa shape index (κ2) is 8.56. The number of amides is 2. The third-order valence-corrected chi connectivity index (χ3v) is 4.37. The van der Waals surface area contributed by atoms with Crippen LogP contribution in [0.2, 0.25) is 5.82 Å². The summed E-state index contributed by atoms with van der Waals surface area (Å²) >= 11 is -0.204. The Labute approximate surface area is 151 Å². The standard InChI is InChI=1S/C18H12N4O2Se/c1-25-18(21-16(23)14-6-2-12(10-19)3-7-14)22-17(24)15-8-4-13(11-20)5-9-15/h2-9H,1H3,(H,21,22,23,24). The van der Waals surface area contributed by atoms with Crippen molar-refractivity contribution in [3.8, 4) is 12.1 Å². The molecule has 0 unspecified atom stereocenters. The molecule has 0 aliphatic rings. The van der Waals surface area contributed by atoms with Gasteiger partial charge in [0.25, 0.3) is 0 Å². The third kappa shape index (κ3) is 4.86. The van der Waals surface area contributed by atoms with Gasteiger partial charge in [-0.3, -0.25) is 0 Å². The average molecular weight is 395 g/mol. The number of carbonyl (C=O) groups excluding carboxylic acids is 2. The molecule has 0 radical (unpaired) electrons. The zero-order chi connectivity index (χ0) is 18.2. The first kappa shape index (κ1) is 18.1. The number of carbonyl (C=O) groups is 2. The summed E-state index contributed by atoms with van der Waals surface area (Å²) in [5, 5.41) is 20.2. The second-order valence-electron chi connectivity index (χ2n) is 4.76. The number of hydrogen-bond donors (Lipinski definition) is 1. The molecule has 2 aromatic carbocycles. The van der Waals surface area contributed by atoms with Gasteiger partial charge in [-0.25, -0.2) is 0 Å². The van der Waals surface area contributed by atoms with Crippen LogP contribution in [0.1, 0.15) is 31.8 Å². The average Bonchev–Trinajstić information content (AvgIpc) is 2.67. The van der Waals surface area contributed by atoms with E-state index in [1.807, 2.05) is 18.0 Å². The van der Waals surface area contributed by atoms with E-state index in [-0.39, 0.29) is 20.9 Å². The summed E-state index contributed by atoms with van der Waals surface area (Å²) in [5.41, 5.74) is 1.63. The summed E-state index contributed by atoms with van der Waals surface area (Å²) in [6, 6.07) is 16.2. The normalized spacial score (nSPS) is 10.4. The Morgan fingerprint density at radius 1 is 0.920 bits per heavy atom. The molecule has 6 nitrogen and oxygen atoms in total. The SMILES string of the molecule is C[Se]C(=NC(=O)c1ccc(C#N)cc1)NC(=O)c1ccc(C#N)cc1. The van der Waals surface area contributed by atoms with Crippen LogP contribution in [-0.2, 0) is 0 Å². The molecule has 7 heteroatoms. The Bertz CT molecular complexity index is 904. The predicted molar refractivity (Wildman–Crippen MR) is 93.2 cm³/mol. The van der Waals surface area contributed by atoms with Crippen LogP contribution < -0.4 is 5.32 Å². The molecule has 122 valence electrons. The Hall–Kier alpha value is -3.25. The molecule has 0 aromatic heterocycles. The minimum atomic E-state index is -0.483. The quantitative estimate of drug-likeness (QED) is 0.488. The molecule has 0 atom stereocenters. The van der Waals surface area contributed by atoms with Gasteiger partial charge in [-0.15, -0.1) is 0 Å². The van der Waals surface area contributed by atoms with E-state index in [2.05, 4.69) is 10.3 Å². The van der Waals surface area contributed by atoms with Crippen molar-refractivity contribution in [3.05, 3.63) is 70.8 Å². The van der Waals surface area contributed by atoms with E-state index in [0.29, 0.717) is 27.0 Å². The second-order valence-corrected chi connectivity index (χ2v) is 6.43. The number of aliphatic imine (C=N–C) groups is 1. The van der Waals surface area contributed by atoms with Crippen LogP contribution in [0, 0.1) is 22.7 Å². The molecule has 0 aliphatic heterocycles. The van der Waals surface area contributed by atoms with Crippen molar-refractivity contribution in [1.29, 1.82) is 10.5 Å². The molecule has 0 heterocycles. The van der Waals surface area contributed by atoms with Gasteiger partial charge in [-0.2, -0.15) is 0 Å². The fourth-order valence-electron chi connectivity index (χ4n) is 1.83. The maximum atomic E-state index is 12.2. The zero-order valence-corrected chi connectivity index (χ0v) is 14.9. The number of benzene rings is 2. The molecule has 0 saturated heterocycles. The fourth-order valence-corrected chi connectivity index (χ4v) is 2.61. The summed E-state index contributed by atoms with van der Waals surface area (Å²) in [4.78, 5) is 28.3. The molecule has 25 heavy (non-hydrogen) atoms. The minimum absolute atomic E-state index is 0.204. The van der Waals surface area contributed by atoms with Crippen molar-refractivity contribution in [3.63, 3.8) is 0 Å². The molecular formula is C18H12N4O2Se. The van der Waals surface area contributed by atoms with Crippen LogP contribution >= 0.6 is 0 Å². The van der Waals surface area contributed by atoms with Gasteiger partial charge in [0.05, 0.1) is 0 Å². The van der Waals surface area contributed by atoms with Gasteiger partial charge in [-0.1, -0.05) is 0 Å². The van der Waals surface area contributed by atoms with Crippen molar-refractivity contribution >= 4 is 31.5 Å². The molecule has 0 fully saturated rings. The predicted octanol–water partition coefficient (Wildman–Crippen LogP) is 2.11. The van der Waals surface area contributed by atoms with E-state index < -0.39 is 5.91 Å². The first-order valence-corrected chi connectivity index (χ1v) is 9.63. The number of nitrogens with one attached hydrogen (secondary N) is 1. The van der Waals surface area contributed by atoms with Gasteiger partial charge in [0.15, 0.2) is 0 Å². The molecule has 2 rings (SSSR count). The van der Waals surface area contributed by atoms with Crippen LogP contribution in [0.3, 0.4) is 0 Å². The van der Waals surface area contributed by atoms with Crippen LogP contribution in [-0.4, -0.2) is 31.5 Å². The molecule has 0 bridgehead atoms. The molecule has 2 amide bonds. The van der Waals surface area contributed by atoms with E-state index in [9.17, 15) is 9.59 Å². The van der Waals surface area contributed by atoms with E-state index in [4.69, 9.17) is 10.5 Å². The first-order chi connectivity index (χ1) is 12.1. The van der Waals surface area contributed by atoms with Gasteiger partial charge in [0.2, 0.25) is 0 Å². The first-order valence-electron chi connectivity index (χ1n) is 7.06. The monoisotopic (exact) mass is 396 g/mol. The Morgan fingerprint density at radius 3 is 1.84 bits per heavy atom. The van der Waals surface area contributed by atoms with Gasteiger partial charge in [-0.05, 0) is 0 Å². The number of nitrogens with zero attached hydrogens (tertiary/aromatic N) is 3. The number of amidine groups is 1. The van der Waals surface area contributed by atoms with Crippen molar-refractivity contribution < 1.29 is 9.59 Å². The molecule has 2 aromatic rings. The summed E-state index contributed by atoms with van der Waals surface area (Å²) in [7, 11) is 0. The van der Waals surface area contributed by atoms with E-state index >= 15 is 0 Å². The third-order valence-electron chi connectivity index (χ3n) is 3.15.